The van der Waals surface area contributed by atoms with Crippen molar-refractivity contribution in [2.45, 2.75) is 51.6 Å². The van der Waals surface area contributed by atoms with E-state index in [0.717, 1.165) is 22.3 Å². The number of halogens is 1. The average molecular weight is 476 g/mol. The Hall–Kier alpha value is -3.67. The van der Waals surface area contributed by atoms with Crippen molar-refractivity contribution in [1.82, 2.24) is 0 Å². The van der Waals surface area contributed by atoms with Crippen LogP contribution in [0.3, 0.4) is 0 Å². The van der Waals surface area contributed by atoms with E-state index >= 15 is 0 Å². The van der Waals surface area contributed by atoms with E-state index in [-0.39, 0.29) is 30.6 Å². The monoisotopic (exact) mass is 475 g/mol. The maximum absolute atomic E-state index is 14.6. The minimum absolute atomic E-state index is 0.0777. The number of anilines is 1. The second-order valence-electron chi connectivity index (χ2n) is 9.66. The van der Waals surface area contributed by atoms with Crippen molar-refractivity contribution in [3.8, 4) is 11.1 Å². The molecule has 0 atom stereocenters. The third kappa shape index (κ3) is 5.88. The summed E-state index contributed by atoms with van der Waals surface area (Å²) in [5.74, 6) is -0.935. The predicted molar refractivity (Wildman–Crippen MR) is 134 cm³/mol. The summed E-state index contributed by atoms with van der Waals surface area (Å²) in [4.78, 5) is 24.6. The Morgan fingerprint density at radius 1 is 0.914 bits per heavy atom. The zero-order valence-corrected chi connectivity index (χ0v) is 20.3. The summed E-state index contributed by atoms with van der Waals surface area (Å²) < 4.78 is 25.5. The molecule has 182 valence electrons. The van der Waals surface area contributed by atoms with Crippen molar-refractivity contribution in [2.75, 3.05) is 11.9 Å². The van der Waals surface area contributed by atoms with E-state index in [1.807, 2.05) is 57.2 Å². The molecule has 5 nitrogen and oxygen atoms in total. The Morgan fingerprint density at radius 3 is 2.17 bits per heavy atom. The van der Waals surface area contributed by atoms with Crippen LogP contribution >= 0.6 is 0 Å². The molecule has 0 bridgehead atoms. The van der Waals surface area contributed by atoms with Crippen molar-refractivity contribution >= 4 is 17.7 Å². The van der Waals surface area contributed by atoms with E-state index in [9.17, 15) is 14.0 Å². The lowest BCUT2D eigenvalue weighted by Gasteiger charge is -2.19. The van der Waals surface area contributed by atoms with Gasteiger partial charge in [-0.15, -0.1) is 0 Å². The number of carbonyl (C=O) groups excluding carboxylic acids is 2. The SMILES string of the molecule is CC(C)(C)OC(=O)CCCc1cccc(F)c1NC(=O)OCC1c2ccccc2-c2ccccc21. The average Bonchev–Trinajstić information content (AvgIpc) is 3.12. The Kier molecular flexibility index (Phi) is 7.20. The van der Waals surface area contributed by atoms with Gasteiger partial charge in [0.2, 0.25) is 0 Å². The highest BCUT2D eigenvalue weighted by molar-refractivity contribution is 5.86. The Labute approximate surface area is 205 Å². The Bertz CT molecular complexity index is 1190. The lowest BCUT2D eigenvalue weighted by molar-refractivity contribution is -0.154. The number of para-hydroxylation sites is 1. The first-order valence-corrected chi connectivity index (χ1v) is 11.8. The highest BCUT2D eigenvalue weighted by atomic mass is 19.1. The molecule has 1 N–H and O–H groups in total. The number of rotatable bonds is 7. The number of carbonyl (C=O) groups is 2. The molecular formula is C29H30FNO4. The summed E-state index contributed by atoms with van der Waals surface area (Å²) >= 11 is 0. The molecule has 35 heavy (non-hydrogen) atoms. The van der Waals surface area contributed by atoms with Gasteiger partial charge >= 0.3 is 12.1 Å². The number of nitrogens with one attached hydrogen (secondary N) is 1. The molecule has 0 aliphatic heterocycles. The highest BCUT2D eigenvalue weighted by Crippen LogP contribution is 2.44. The summed E-state index contributed by atoms with van der Waals surface area (Å²) in [7, 11) is 0. The van der Waals surface area contributed by atoms with E-state index in [4.69, 9.17) is 9.47 Å². The molecule has 0 aromatic heterocycles. The van der Waals surface area contributed by atoms with Crippen LogP contribution < -0.4 is 5.32 Å². The maximum Gasteiger partial charge on any atom is 0.411 e. The van der Waals surface area contributed by atoms with E-state index in [2.05, 4.69) is 17.4 Å². The number of fused-ring (bicyclic) bond motifs is 3. The maximum atomic E-state index is 14.6. The van der Waals surface area contributed by atoms with Gasteiger partial charge in [0, 0.05) is 12.3 Å². The topological polar surface area (TPSA) is 64.6 Å². The second-order valence-corrected chi connectivity index (χ2v) is 9.66. The van der Waals surface area contributed by atoms with Gasteiger partial charge in [-0.05, 0) is 67.5 Å². The first-order chi connectivity index (χ1) is 16.7. The molecule has 3 aromatic carbocycles. The molecule has 0 radical (unpaired) electrons. The third-order valence-corrected chi connectivity index (χ3v) is 5.92. The largest absolute Gasteiger partial charge is 0.460 e. The molecule has 0 saturated carbocycles. The number of ether oxygens (including phenoxy) is 2. The minimum atomic E-state index is -0.717. The summed E-state index contributed by atoms with van der Waals surface area (Å²) in [6.07, 6.45) is 0.372. The molecule has 4 rings (SSSR count). The van der Waals surface area contributed by atoms with Crippen molar-refractivity contribution in [1.29, 1.82) is 0 Å². The second kappa shape index (κ2) is 10.3. The van der Waals surface area contributed by atoms with Gasteiger partial charge in [-0.3, -0.25) is 10.1 Å². The molecule has 1 aliphatic rings. The van der Waals surface area contributed by atoms with Crippen LogP contribution in [-0.2, 0) is 20.7 Å². The first-order valence-electron chi connectivity index (χ1n) is 11.8. The molecule has 0 heterocycles. The number of benzene rings is 3. The van der Waals surface area contributed by atoms with E-state index in [1.54, 1.807) is 12.1 Å². The number of esters is 1. The van der Waals surface area contributed by atoms with Crippen LogP contribution in [0.4, 0.5) is 14.9 Å². The number of hydrogen-bond donors (Lipinski definition) is 1. The third-order valence-electron chi connectivity index (χ3n) is 5.92. The smallest absolute Gasteiger partial charge is 0.411 e. The van der Waals surface area contributed by atoms with Gasteiger partial charge in [0.1, 0.15) is 18.0 Å². The Morgan fingerprint density at radius 2 is 1.54 bits per heavy atom. The number of hydrogen-bond acceptors (Lipinski definition) is 4. The standard InChI is InChI=1S/C29H30FNO4/c1-29(2,3)35-26(32)17-9-11-19-10-8-16-25(30)27(19)31-28(33)34-18-24-22-14-6-4-12-20(22)21-13-5-7-15-23(21)24/h4-8,10,12-16,24H,9,11,17-18H2,1-3H3,(H,31,33). The fraction of sp³-hybridized carbons (Fsp3) is 0.310. The van der Waals surface area contributed by atoms with Gasteiger partial charge in [0.05, 0.1) is 5.69 Å². The zero-order valence-electron chi connectivity index (χ0n) is 20.3. The summed E-state index contributed by atoms with van der Waals surface area (Å²) in [5.41, 5.74) is 4.62. The molecule has 0 spiro atoms. The minimum Gasteiger partial charge on any atom is -0.460 e. The lowest BCUT2D eigenvalue weighted by Crippen LogP contribution is -2.23. The van der Waals surface area contributed by atoms with Gasteiger partial charge in [-0.1, -0.05) is 60.7 Å². The lowest BCUT2D eigenvalue weighted by atomic mass is 9.98. The van der Waals surface area contributed by atoms with Gasteiger partial charge < -0.3 is 9.47 Å². The van der Waals surface area contributed by atoms with Crippen LogP contribution in [0.2, 0.25) is 0 Å². The van der Waals surface area contributed by atoms with Gasteiger partial charge in [0.25, 0.3) is 0 Å². The van der Waals surface area contributed by atoms with Crippen LogP contribution in [-0.4, -0.2) is 24.3 Å². The molecule has 1 aliphatic carbocycles. The van der Waals surface area contributed by atoms with Gasteiger partial charge in [0.15, 0.2) is 0 Å². The molecule has 0 unspecified atom stereocenters. The summed E-state index contributed by atoms with van der Waals surface area (Å²) in [6.45, 7) is 5.58. The first kappa shape index (κ1) is 24.5. The van der Waals surface area contributed by atoms with Crippen molar-refractivity contribution in [2.24, 2.45) is 0 Å². The summed E-state index contributed by atoms with van der Waals surface area (Å²) in [5, 5.41) is 2.57. The highest BCUT2D eigenvalue weighted by Gasteiger charge is 2.29. The molecular weight excluding hydrogens is 445 g/mol. The van der Waals surface area contributed by atoms with Crippen molar-refractivity contribution < 1.29 is 23.5 Å². The van der Waals surface area contributed by atoms with E-state index < -0.39 is 17.5 Å². The molecule has 0 fully saturated rings. The zero-order chi connectivity index (χ0) is 25.0. The molecule has 6 heteroatoms. The quantitative estimate of drug-likeness (QED) is 0.380. The summed E-state index contributed by atoms with van der Waals surface area (Å²) in [6, 6.07) is 20.8. The molecule has 0 saturated heterocycles. The molecule has 1 amide bonds. The van der Waals surface area contributed by atoms with Crippen LogP contribution in [0, 0.1) is 5.82 Å². The van der Waals surface area contributed by atoms with E-state index in [1.165, 1.54) is 6.07 Å². The fourth-order valence-electron chi connectivity index (χ4n) is 4.47. The normalized spacial score (nSPS) is 12.6. The number of amides is 1. The molecule has 3 aromatic rings. The van der Waals surface area contributed by atoms with E-state index in [0.29, 0.717) is 18.4 Å². The van der Waals surface area contributed by atoms with Crippen LogP contribution in [0.5, 0.6) is 0 Å². The van der Waals surface area contributed by atoms with Gasteiger partial charge in [-0.25, -0.2) is 9.18 Å². The van der Waals surface area contributed by atoms with Crippen molar-refractivity contribution in [3.63, 3.8) is 0 Å². The van der Waals surface area contributed by atoms with Crippen LogP contribution in [0.15, 0.2) is 66.7 Å². The van der Waals surface area contributed by atoms with Crippen LogP contribution in [0.25, 0.3) is 11.1 Å². The predicted octanol–water partition coefficient (Wildman–Crippen LogP) is 6.85. The fourth-order valence-corrected chi connectivity index (χ4v) is 4.47. The van der Waals surface area contributed by atoms with Gasteiger partial charge in [-0.2, -0.15) is 0 Å². The Balaban J connectivity index is 1.39. The van der Waals surface area contributed by atoms with Crippen molar-refractivity contribution in [3.05, 3.63) is 89.2 Å². The van der Waals surface area contributed by atoms with Crippen LogP contribution in [0.1, 0.15) is 56.2 Å². The number of aryl methyl sites for hydroxylation is 1.